The van der Waals surface area contributed by atoms with Crippen molar-refractivity contribution in [2.75, 3.05) is 23.8 Å². The Morgan fingerprint density at radius 3 is 2.70 bits per heavy atom. The minimum Gasteiger partial charge on any atom is -0.506 e. The third-order valence-electron chi connectivity index (χ3n) is 4.82. The Bertz CT molecular complexity index is 1140. The molecule has 0 radical (unpaired) electrons. The van der Waals surface area contributed by atoms with Gasteiger partial charge in [0.15, 0.2) is 0 Å². The summed E-state index contributed by atoms with van der Waals surface area (Å²) in [6.07, 6.45) is 1.35. The van der Waals surface area contributed by atoms with E-state index >= 15 is 0 Å². The average Bonchev–Trinajstić information content (AvgIpc) is 3.14. The Morgan fingerprint density at radius 2 is 1.97 bits per heavy atom. The first-order valence-corrected chi connectivity index (χ1v) is 9.71. The summed E-state index contributed by atoms with van der Waals surface area (Å²) in [6.45, 7) is 2.13. The molecule has 0 aliphatic carbocycles. The molecule has 152 valence electrons. The monoisotopic (exact) mass is 403 g/mol. The highest BCUT2D eigenvalue weighted by Crippen LogP contribution is 2.23. The fraction of sp³-hybridized carbons (Fsp3) is 0.182. The molecule has 3 heterocycles. The molecule has 1 saturated heterocycles. The smallest absolute Gasteiger partial charge is 0.219 e. The van der Waals surface area contributed by atoms with Gasteiger partial charge in [0.2, 0.25) is 11.8 Å². The summed E-state index contributed by atoms with van der Waals surface area (Å²) in [5.41, 5.74) is 4.05. The lowest BCUT2D eigenvalue weighted by Gasteiger charge is -2.27. The van der Waals surface area contributed by atoms with Gasteiger partial charge in [-0.05, 0) is 42.0 Å². The van der Waals surface area contributed by atoms with E-state index in [4.69, 9.17) is 9.47 Å². The predicted molar refractivity (Wildman–Crippen MR) is 114 cm³/mol. The molecule has 2 aromatic heterocycles. The lowest BCUT2D eigenvalue weighted by molar-refractivity contribution is 0.0211. The molecule has 4 aromatic rings. The van der Waals surface area contributed by atoms with Crippen LogP contribution in [0.4, 0.5) is 11.6 Å². The van der Waals surface area contributed by atoms with Gasteiger partial charge in [0.05, 0.1) is 36.5 Å². The second-order valence-corrected chi connectivity index (χ2v) is 7.15. The molecule has 1 fully saturated rings. The van der Waals surface area contributed by atoms with Crippen molar-refractivity contribution in [1.29, 1.82) is 0 Å². The SMILES string of the molecule is Oc1ccc(Oc2ccc(CNc3nc4ccc(NC5COC5)cc4[nH]3)cc2)nc1. The van der Waals surface area contributed by atoms with Crippen LogP contribution in [-0.2, 0) is 11.3 Å². The van der Waals surface area contributed by atoms with Crippen LogP contribution in [0.15, 0.2) is 60.8 Å². The van der Waals surface area contributed by atoms with Crippen LogP contribution >= 0.6 is 0 Å². The highest BCUT2D eigenvalue weighted by molar-refractivity contribution is 5.81. The van der Waals surface area contributed by atoms with Gasteiger partial charge in [0.25, 0.3) is 0 Å². The number of pyridine rings is 1. The number of aromatic hydroxyl groups is 1. The van der Waals surface area contributed by atoms with E-state index in [1.807, 2.05) is 36.4 Å². The normalized spacial score (nSPS) is 13.7. The van der Waals surface area contributed by atoms with Crippen LogP contribution in [0.5, 0.6) is 17.4 Å². The van der Waals surface area contributed by atoms with Crippen LogP contribution in [0.3, 0.4) is 0 Å². The molecule has 0 unspecified atom stereocenters. The molecule has 4 N–H and O–H groups in total. The molecular weight excluding hydrogens is 382 g/mol. The number of imidazole rings is 1. The average molecular weight is 403 g/mol. The van der Waals surface area contributed by atoms with Crippen LogP contribution in [0.1, 0.15) is 5.56 Å². The zero-order valence-corrected chi connectivity index (χ0v) is 16.1. The number of hydrogen-bond acceptors (Lipinski definition) is 7. The van der Waals surface area contributed by atoms with Crippen molar-refractivity contribution in [2.24, 2.45) is 0 Å². The van der Waals surface area contributed by atoms with E-state index in [9.17, 15) is 5.11 Å². The summed E-state index contributed by atoms with van der Waals surface area (Å²) < 4.78 is 10.9. The second-order valence-electron chi connectivity index (χ2n) is 7.15. The van der Waals surface area contributed by atoms with E-state index in [0.29, 0.717) is 24.2 Å². The van der Waals surface area contributed by atoms with Crippen LogP contribution in [-0.4, -0.2) is 39.3 Å². The van der Waals surface area contributed by atoms with E-state index in [0.717, 1.165) is 41.4 Å². The number of rotatable bonds is 7. The maximum Gasteiger partial charge on any atom is 0.219 e. The topological polar surface area (TPSA) is 104 Å². The van der Waals surface area contributed by atoms with Crippen LogP contribution in [0.2, 0.25) is 0 Å². The van der Waals surface area contributed by atoms with Gasteiger partial charge >= 0.3 is 0 Å². The first-order valence-electron chi connectivity index (χ1n) is 9.71. The highest BCUT2D eigenvalue weighted by atomic mass is 16.5. The molecular formula is C22H21N5O3. The quantitative estimate of drug-likeness (QED) is 0.371. The summed E-state index contributed by atoms with van der Waals surface area (Å²) in [7, 11) is 0. The Balaban J connectivity index is 1.20. The van der Waals surface area contributed by atoms with Crippen molar-refractivity contribution < 1.29 is 14.6 Å². The molecule has 0 atom stereocenters. The number of nitrogens with zero attached hydrogens (tertiary/aromatic N) is 2. The van der Waals surface area contributed by atoms with E-state index in [1.165, 1.54) is 12.3 Å². The third-order valence-corrected chi connectivity index (χ3v) is 4.82. The molecule has 8 nitrogen and oxygen atoms in total. The third kappa shape index (κ3) is 4.13. The lowest BCUT2D eigenvalue weighted by Crippen LogP contribution is -2.40. The van der Waals surface area contributed by atoms with Gasteiger partial charge in [-0.15, -0.1) is 0 Å². The molecule has 0 bridgehead atoms. The number of ether oxygens (including phenoxy) is 2. The fourth-order valence-corrected chi connectivity index (χ4v) is 3.15. The van der Waals surface area contributed by atoms with Crippen molar-refractivity contribution in [3.8, 4) is 17.4 Å². The molecule has 0 amide bonds. The Hall–Kier alpha value is -3.78. The number of anilines is 2. The van der Waals surface area contributed by atoms with Gasteiger partial charge < -0.3 is 30.2 Å². The van der Waals surface area contributed by atoms with E-state index in [1.54, 1.807) is 6.07 Å². The predicted octanol–water partition coefficient (Wildman–Crippen LogP) is 3.88. The minimum absolute atomic E-state index is 0.106. The summed E-state index contributed by atoms with van der Waals surface area (Å²) in [4.78, 5) is 11.9. The van der Waals surface area contributed by atoms with Crippen LogP contribution < -0.4 is 15.4 Å². The zero-order valence-electron chi connectivity index (χ0n) is 16.1. The fourth-order valence-electron chi connectivity index (χ4n) is 3.15. The summed E-state index contributed by atoms with van der Waals surface area (Å²) in [5.74, 6) is 1.94. The molecule has 2 aromatic carbocycles. The Labute approximate surface area is 172 Å². The van der Waals surface area contributed by atoms with Gasteiger partial charge in [-0.2, -0.15) is 0 Å². The number of hydrogen-bond donors (Lipinski definition) is 4. The summed E-state index contributed by atoms with van der Waals surface area (Å²) in [5, 5.41) is 16.0. The number of H-pyrrole nitrogens is 1. The summed E-state index contributed by atoms with van der Waals surface area (Å²) in [6, 6.07) is 17.4. The van der Waals surface area contributed by atoms with Gasteiger partial charge in [-0.25, -0.2) is 9.97 Å². The maximum atomic E-state index is 9.28. The van der Waals surface area contributed by atoms with Crippen molar-refractivity contribution >= 4 is 22.7 Å². The van der Waals surface area contributed by atoms with Crippen molar-refractivity contribution in [3.63, 3.8) is 0 Å². The molecule has 0 spiro atoms. The number of fused-ring (bicyclic) bond motifs is 1. The number of benzene rings is 2. The van der Waals surface area contributed by atoms with Gasteiger partial charge in [-0.1, -0.05) is 12.1 Å². The van der Waals surface area contributed by atoms with Crippen molar-refractivity contribution in [3.05, 3.63) is 66.4 Å². The van der Waals surface area contributed by atoms with Crippen LogP contribution in [0, 0.1) is 0 Å². The molecule has 1 aliphatic heterocycles. The lowest BCUT2D eigenvalue weighted by atomic mass is 10.2. The largest absolute Gasteiger partial charge is 0.506 e. The van der Waals surface area contributed by atoms with Gasteiger partial charge in [0.1, 0.15) is 11.5 Å². The maximum absolute atomic E-state index is 9.28. The second kappa shape index (κ2) is 7.92. The van der Waals surface area contributed by atoms with E-state index in [2.05, 4.69) is 31.7 Å². The first kappa shape index (κ1) is 18.3. The molecule has 30 heavy (non-hydrogen) atoms. The highest BCUT2D eigenvalue weighted by Gasteiger charge is 2.17. The van der Waals surface area contributed by atoms with E-state index in [-0.39, 0.29) is 5.75 Å². The van der Waals surface area contributed by atoms with Gasteiger partial charge in [-0.3, -0.25) is 0 Å². The number of nitrogens with one attached hydrogen (secondary N) is 3. The Morgan fingerprint density at radius 1 is 1.10 bits per heavy atom. The summed E-state index contributed by atoms with van der Waals surface area (Å²) >= 11 is 0. The standard InChI is InChI=1S/C22H21N5O3/c28-17-4-8-21(23-11-17)30-18-5-1-14(2-6-18)10-24-22-26-19-7-3-15(9-20(19)27-22)25-16-12-29-13-16/h1-9,11,16,25,28H,10,12-13H2,(H2,24,26,27). The van der Waals surface area contributed by atoms with Crippen LogP contribution in [0.25, 0.3) is 11.0 Å². The Kier molecular flexibility index (Phi) is 4.82. The van der Waals surface area contributed by atoms with Crippen molar-refractivity contribution in [1.82, 2.24) is 15.0 Å². The van der Waals surface area contributed by atoms with Crippen molar-refractivity contribution in [2.45, 2.75) is 12.6 Å². The van der Waals surface area contributed by atoms with Gasteiger partial charge in [0, 0.05) is 18.3 Å². The minimum atomic E-state index is 0.106. The molecule has 1 aliphatic rings. The van der Waals surface area contributed by atoms with E-state index < -0.39 is 0 Å². The molecule has 5 rings (SSSR count). The molecule has 0 saturated carbocycles. The zero-order chi connectivity index (χ0) is 20.3. The molecule has 8 heteroatoms. The first-order chi connectivity index (χ1) is 14.7. The number of aromatic amines is 1. The number of aromatic nitrogens is 3.